The first-order valence-electron chi connectivity index (χ1n) is 7.64. The zero-order chi connectivity index (χ0) is 16.9. The Morgan fingerprint density at radius 3 is 2.46 bits per heavy atom. The predicted molar refractivity (Wildman–Crippen MR) is 83.4 cm³/mol. The fraction of sp³-hybridized carbons (Fsp3) is 0.278. The van der Waals surface area contributed by atoms with Gasteiger partial charge in [-0.1, -0.05) is 30.3 Å². The fourth-order valence-corrected chi connectivity index (χ4v) is 2.46. The first-order chi connectivity index (χ1) is 11.6. The smallest absolute Gasteiger partial charge is 0.407 e. The lowest BCUT2D eigenvalue weighted by Crippen LogP contribution is -2.40. The van der Waals surface area contributed by atoms with Crippen LogP contribution in [0.4, 0.5) is 13.6 Å². The molecule has 2 aromatic carbocycles. The van der Waals surface area contributed by atoms with Gasteiger partial charge in [-0.15, -0.1) is 0 Å². The zero-order valence-electron chi connectivity index (χ0n) is 12.9. The molecule has 0 aliphatic carbocycles. The molecule has 1 heterocycles. The van der Waals surface area contributed by atoms with E-state index in [1.54, 1.807) is 0 Å². The van der Waals surface area contributed by atoms with E-state index in [9.17, 15) is 13.6 Å². The highest BCUT2D eigenvalue weighted by Gasteiger charge is 2.34. The second-order valence-electron chi connectivity index (χ2n) is 5.67. The van der Waals surface area contributed by atoms with Gasteiger partial charge in [0.1, 0.15) is 24.3 Å². The monoisotopic (exact) mass is 333 g/mol. The van der Waals surface area contributed by atoms with E-state index in [1.807, 2.05) is 30.3 Å². The molecule has 24 heavy (non-hydrogen) atoms. The van der Waals surface area contributed by atoms with Crippen LogP contribution in [0.1, 0.15) is 11.1 Å². The van der Waals surface area contributed by atoms with Crippen LogP contribution in [0.15, 0.2) is 48.5 Å². The lowest BCUT2D eigenvalue weighted by molar-refractivity contribution is 0.133. The van der Waals surface area contributed by atoms with Gasteiger partial charge in [0.05, 0.1) is 12.6 Å². The van der Waals surface area contributed by atoms with E-state index in [0.717, 1.165) is 11.6 Å². The number of hydrogen-bond donors (Lipinski definition) is 1. The Morgan fingerprint density at radius 2 is 1.83 bits per heavy atom. The van der Waals surface area contributed by atoms with Crippen molar-refractivity contribution in [3.8, 4) is 0 Å². The maximum Gasteiger partial charge on any atom is 0.407 e. The molecule has 0 unspecified atom stereocenters. The van der Waals surface area contributed by atoms with Crippen LogP contribution in [0, 0.1) is 11.6 Å². The predicted octanol–water partition coefficient (Wildman–Crippen LogP) is 3.20. The molecular formula is C18H17F2NO3. The average Bonchev–Trinajstić information content (AvgIpc) is 3.37. The van der Waals surface area contributed by atoms with Crippen LogP contribution < -0.4 is 5.32 Å². The minimum Gasteiger partial charge on any atom is -0.445 e. The molecule has 4 nitrogen and oxygen atoms in total. The molecule has 2 atom stereocenters. The molecular weight excluding hydrogens is 316 g/mol. The standard InChI is InChI=1S/C18H17F2NO3/c19-14-6-13(7-15(20)9-14)8-16(17-11-23-17)21-18(22)24-10-12-4-2-1-3-5-12/h1-7,9,16-17H,8,10-11H2,(H,21,22)/t16-,17-/m1/s1. The first kappa shape index (κ1) is 16.4. The third kappa shape index (κ3) is 4.76. The molecule has 0 saturated carbocycles. The number of benzene rings is 2. The lowest BCUT2D eigenvalue weighted by atomic mass is 10.0. The molecule has 3 rings (SSSR count). The van der Waals surface area contributed by atoms with Crippen molar-refractivity contribution < 1.29 is 23.0 Å². The van der Waals surface area contributed by atoms with Crippen LogP contribution in [0.5, 0.6) is 0 Å². The normalized spacial score (nSPS) is 17.2. The molecule has 1 amide bonds. The van der Waals surface area contributed by atoms with E-state index in [4.69, 9.17) is 9.47 Å². The number of alkyl carbamates (subject to hydrolysis) is 1. The van der Waals surface area contributed by atoms with Gasteiger partial charge in [-0.2, -0.15) is 0 Å². The Labute approximate surface area is 138 Å². The van der Waals surface area contributed by atoms with Crippen LogP contribution in [-0.2, 0) is 22.5 Å². The molecule has 2 aromatic rings. The summed E-state index contributed by atoms with van der Waals surface area (Å²) in [6.07, 6.45) is -0.489. The quantitative estimate of drug-likeness (QED) is 0.826. The largest absolute Gasteiger partial charge is 0.445 e. The van der Waals surface area contributed by atoms with Crippen LogP contribution in [0.3, 0.4) is 0 Å². The number of ether oxygens (including phenoxy) is 2. The third-order valence-corrected chi connectivity index (χ3v) is 3.70. The summed E-state index contributed by atoms with van der Waals surface area (Å²) in [6, 6.07) is 12.2. The highest BCUT2D eigenvalue weighted by molar-refractivity contribution is 5.67. The van der Waals surface area contributed by atoms with Gasteiger partial charge in [0.25, 0.3) is 0 Å². The van der Waals surface area contributed by atoms with Crippen LogP contribution in [0.25, 0.3) is 0 Å². The van der Waals surface area contributed by atoms with Gasteiger partial charge in [0, 0.05) is 6.07 Å². The van der Waals surface area contributed by atoms with Gasteiger partial charge in [0.15, 0.2) is 0 Å². The summed E-state index contributed by atoms with van der Waals surface area (Å²) in [4.78, 5) is 11.9. The van der Waals surface area contributed by atoms with Crippen molar-refractivity contribution in [3.05, 3.63) is 71.3 Å². The van der Waals surface area contributed by atoms with E-state index in [1.165, 1.54) is 12.1 Å². The van der Waals surface area contributed by atoms with Gasteiger partial charge in [-0.05, 0) is 29.7 Å². The molecule has 0 bridgehead atoms. The second-order valence-corrected chi connectivity index (χ2v) is 5.67. The molecule has 6 heteroatoms. The number of rotatable bonds is 6. The van der Waals surface area contributed by atoms with Crippen molar-refractivity contribution in [2.24, 2.45) is 0 Å². The number of nitrogens with one attached hydrogen (secondary N) is 1. The highest BCUT2D eigenvalue weighted by Crippen LogP contribution is 2.19. The molecule has 1 aliphatic rings. The van der Waals surface area contributed by atoms with E-state index >= 15 is 0 Å². The summed E-state index contributed by atoms with van der Waals surface area (Å²) in [7, 11) is 0. The number of epoxide rings is 1. The zero-order valence-corrected chi connectivity index (χ0v) is 12.9. The Morgan fingerprint density at radius 1 is 1.17 bits per heavy atom. The molecule has 1 fully saturated rings. The van der Waals surface area contributed by atoms with E-state index in [0.29, 0.717) is 12.2 Å². The molecule has 0 radical (unpaired) electrons. The Bertz CT molecular complexity index is 684. The molecule has 0 spiro atoms. The fourth-order valence-electron chi connectivity index (χ4n) is 2.46. The van der Waals surface area contributed by atoms with Gasteiger partial charge in [0.2, 0.25) is 0 Å². The summed E-state index contributed by atoms with van der Waals surface area (Å²) < 4.78 is 36.9. The number of halogens is 2. The second kappa shape index (κ2) is 7.40. The Kier molecular flexibility index (Phi) is 5.05. The highest BCUT2D eigenvalue weighted by atomic mass is 19.1. The summed E-state index contributed by atoms with van der Waals surface area (Å²) in [5, 5.41) is 2.71. The van der Waals surface area contributed by atoms with Crippen molar-refractivity contribution in [2.45, 2.75) is 25.2 Å². The summed E-state index contributed by atoms with van der Waals surface area (Å²) in [6.45, 7) is 0.654. The van der Waals surface area contributed by atoms with Crippen molar-refractivity contribution in [1.82, 2.24) is 5.32 Å². The lowest BCUT2D eigenvalue weighted by Gasteiger charge is -2.17. The molecule has 1 saturated heterocycles. The van der Waals surface area contributed by atoms with Crippen molar-refractivity contribution in [2.75, 3.05) is 6.61 Å². The van der Waals surface area contributed by atoms with Gasteiger partial charge < -0.3 is 14.8 Å². The maximum absolute atomic E-state index is 13.3. The van der Waals surface area contributed by atoms with E-state index in [2.05, 4.69) is 5.32 Å². The molecule has 1 N–H and O–H groups in total. The first-order valence-corrected chi connectivity index (χ1v) is 7.64. The number of hydrogen-bond acceptors (Lipinski definition) is 3. The molecule has 1 aliphatic heterocycles. The molecule has 126 valence electrons. The van der Waals surface area contributed by atoms with Crippen LogP contribution in [0.2, 0.25) is 0 Å². The number of amides is 1. The Balaban J connectivity index is 1.56. The SMILES string of the molecule is O=C(N[C@H](Cc1cc(F)cc(F)c1)[C@H]1CO1)OCc1ccccc1. The summed E-state index contributed by atoms with van der Waals surface area (Å²) >= 11 is 0. The van der Waals surface area contributed by atoms with Gasteiger partial charge in [-0.3, -0.25) is 0 Å². The van der Waals surface area contributed by atoms with E-state index in [-0.39, 0.29) is 19.1 Å². The van der Waals surface area contributed by atoms with Crippen molar-refractivity contribution in [3.63, 3.8) is 0 Å². The van der Waals surface area contributed by atoms with Crippen LogP contribution in [-0.4, -0.2) is 24.8 Å². The summed E-state index contributed by atoms with van der Waals surface area (Å²) in [5.41, 5.74) is 1.33. The number of carbonyl (C=O) groups excluding carboxylic acids is 1. The minimum atomic E-state index is -0.646. The Hall–Kier alpha value is -2.47. The van der Waals surface area contributed by atoms with E-state index < -0.39 is 23.8 Å². The van der Waals surface area contributed by atoms with Gasteiger partial charge >= 0.3 is 6.09 Å². The topological polar surface area (TPSA) is 50.9 Å². The van der Waals surface area contributed by atoms with Crippen LogP contribution >= 0.6 is 0 Å². The number of carbonyl (C=O) groups is 1. The van der Waals surface area contributed by atoms with Crippen molar-refractivity contribution >= 4 is 6.09 Å². The maximum atomic E-state index is 13.3. The average molecular weight is 333 g/mol. The van der Waals surface area contributed by atoms with Crippen molar-refractivity contribution in [1.29, 1.82) is 0 Å². The third-order valence-electron chi connectivity index (χ3n) is 3.70. The van der Waals surface area contributed by atoms with Gasteiger partial charge in [-0.25, -0.2) is 13.6 Å². The molecule has 0 aromatic heterocycles. The summed E-state index contributed by atoms with van der Waals surface area (Å²) in [5.74, 6) is -1.29. The minimum absolute atomic E-state index is 0.152.